The zero-order valence-electron chi connectivity index (χ0n) is 15.5. The molecule has 0 aliphatic heterocycles. The minimum Gasteiger partial charge on any atom is -0.394 e. The Morgan fingerprint density at radius 2 is 1.50 bits per heavy atom. The largest absolute Gasteiger partial charge is 0.394 e. The number of benzene rings is 2. The molecule has 0 fully saturated rings. The molecule has 0 aliphatic carbocycles. The predicted octanol–water partition coefficient (Wildman–Crippen LogP) is 4.45. The predicted molar refractivity (Wildman–Crippen MR) is 104 cm³/mol. The summed E-state index contributed by atoms with van der Waals surface area (Å²) >= 11 is 0. The average Bonchev–Trinajstić information content (AvgIpc) is 2.64. The highest BCUT2D eigenvalue weighted by Crippen LogP contribution is 2.50. The van der Waals surface area contributed by atoms with Crippen molar-refractivity contribution in [2.24, 2.45) is 0 Å². The molecule has 1 atom stereocenters. The monoisotopic (exact) mass is 377 g/mol. The number of nitrogens with zero attached hydrogens (tertiary/aromatic N) is 1. The zero-order chi connectivity index (χ0) is 18.8. The molecule has 2 aromatic carbocycles. The molecule has 0 heterocycles. The Morgan fingerprint density at radius 1 is 0.962 bits per heavy atom. The first-order valence-corrected chi connectivity index (χ1v) is 10.7. The van der Waals surface area contributed by atoms with E-state index in [1.54, 1.807) is 13.8 Å². The third-order valence-electron chi connectivity index (χ3n) is 4.03. The summed E-state index contributed by atoms with van der Waals surface area (Å²) in [6, 6.07) is 19.3. The van der Waals surface area contributed by atoms with Crippen LogP contribution in [0.25, 0.3) is 0 Å². The fourth-order valence-corrected chi connectivity index (χ4v) is 4.69. The maximum absolute atomic E-state index is 13.1. The lowest BCUT2D eigenvalue weighted by atomic mass is 10.1. The topological polar surface area (TPSA) is 59.0 Å². The van der Waals surface area contributed by atoms with Crippen LogP contribution in [0.2, 0.25) is 0 Å². The summed E-state index contributed by atoms with van der Waals surface area (Å²) in [7, 11) is -3.29. The lowest BCUT2D eigenvalue weighted by molar-refractivity contribution is 0.118. The van der Waals surface area contributed by atoms with Gasteiger partial charge in [-0.2, -0.15) is 0 Å². The molecule has 0 saturated heterocycles. The van der Waals surface area contributed by atoms with Crippen LogP contribution in [0.4, 0.5) is 0 Å². The van der Waals surface area contributed by atoms with Crippen molar-refractivity contribution in [3.05, 3.63) is 71.8 Å². The molecule has 0 aromatic heterocycles. The lowest BCUT2D eigenvalue weighted by Crippen LogP contribution is -2.32. The van der Waals surface area contributed by atoms with Gasteiger partial charge in [-0.25, -0.2) is 0 Å². The van der Waals surface area contributed by atoms with Gasteiger partial charge >= 0.3 is 7.60 Å². The number of aliphatic hydroxyl groups is 1. The van der Waals surface area contributed by atoms with Gasteiger partial charge in [0.15, 0.2) is 0 Å². The Bertz CT molecular complexity index is 671. The Morgan fingerprint density at radius 3 is 2.00 bits per heavy atom. The van der Waals surface area contributed by atoms with Gasteiger partial charge in [0.1, 0.15) is 6.29 Å². The summed E-state index contributed by atoms with van der Waals surface area (Å²) in [5.74, 6) is 0. The van der Waals surface area contributed by atoms with Crippen molar-refractivity contribution < 1.29 is 18.7 Å². The highest BCUT2D eigenvalue weighted by atomic mass is 31.2. The number of hydrogen-bond donors (Lipinski definition) is 1. The summed E-state index contributed by atoms with van der Waals surface area (Å²) in [6.07, 6.45) is 0.115. The van der Waals surface area contributed by atoms with Crippen LogP contribution in [-0.2, 0) is 20.2 Å². The first-order valence-electron chi connectivity index (χ1n) is 8.93. The molecule has 0 spiro atoms. The molecule has 0 saturated carbocycles. The van der Waals surface area contributed by atoms with Gasteiger partial charge in [0.25, 0.3) is 0 Å². The minimum absolute atomic E-state index is 0.0882. The van der Waals surface area contributed by atoms with Crippen LogP contribution in [0.15, 0.2) is 60.7 Å². The molecular weight excluding hydrogens is 349 g/mol. The number of aliphatic hydroxyl groups excluding tert-OH is 1. The minimum atomic E-state index is -3.29. The van der Waals surface area contributed by atoms with Gasteiger partial charge < -0.3 is 14.2 Å². The van der Waals surface area contributed by atoms with E-state index >= 15 is 0 Å². The SMILES string of the molecule is CCOP(=O)(CN(Cc1ccccc1)[C@H](CO)c1ccccc1)OCC. The van der Waals surface area contributed by atoms with Crippen molar-refractivity contribution >= 4 is 7.60 Å². The third kappa shape index (κ3) is 6.04. The fraction of sp³-hybridized carbons (Fsp3) is 0.400. The van der Waals surface area contributed by atoms with Gasteiger partial charge in [-0.1, -0.05) is 60.7 Å². The zero-order valence-corrected chi connectivity index (χ0v) is 16.3. The van der Waals surface area contributed by atoms with Crippen LogP contribution < -0.4 is 0 Å². The summed E-state index contributed by atoms with van der Waals surface area (Å²) < 4.78 is 24.1. The second-order valence-corrected chi connectivity index (χ2v) is 7.95. The highest BCUT2D eigenvalue weighted by Gasteiger charge is 2.31. The van der Waals surface area contributed by atoms with E-state index in [9.17, 15) is 9.67 Å². The van der Waals surface area contributed by atoms with Gasteiger partial charge in [0.05, 0.1) is 25.9 Å². The summed E-state index contributed by atoms with van der Waals surface area (Å²) in [5, 5.41) is 10.1. The second-order valence-electron chi connectivity index (χ2n) is 5.93. The third-order valence-corrected chi connectivity index (χ3v) is 6.05. The smallest absolute Gasteiger partial charge is 0.344 e. The van der Waals surface area contributed by atoms with Crippen LogP contribution in [0.3, 0.4) is 0 Å². The van der Waals surface area contributed by atoms with E-state index in [-0.39, 0.29) is 18.9 Å². The Kier molecular flexibility index (Phi) is 8.49. The van der Waals surface area contributed by atoms with Crippen molar-refractivity contribution in [3.8, 4) is 0 Å². The molecule has 6 heteroatoms. The molecule has 2 aromatic rings. The van der Waals surface area contributed by atoms with Gasteiger partial charge in [0, 0.05) is 6.54 Å². The molecule has 26 heavy (non-hydrogen) atoms. The van der Waals surface area contributed by atoms with E-state index in [0.717, 1.165) is 11.1 Å². The quantitative estimate of drug-likeness (QED) is 0.587. The van der Waals surface area contributed by atoms with Crippen molar-refractivity contribution in [1.82, 2.24) is 4.90 Å². The van der Waals surface area contributed by atoms with Gasteiger partial charge in [-0.15, -0.1) is 0 Å². The van der Waals surface area contributed by atoms with E-state index in [4.69, 9.17) is 9.05 Å². The van der Waals surface area contributed by atoms with Crippen LogP contribution in [0, 0.1) is 0 Å². The summed E-state index contributed by atoms with van der Waals surface area (Å²) in [4.78, 5) is 1.97. The van der Waals surface area contributed by atoms with E-state index in [1.165, 1.54) is 0 Å². The van der Waals surface area contributed by atoms with Gasteiger partial charge in [0.2, 0.25) is 0 Å². The Balaban J connectivity index is 2.32. The molecule has 0 amide bonds. The van der Waals surface area contributed by atoms with Crippen molar-refractivity contribution in [2.75, 3.05) is 26.1 Å². The molecule has 0 bridgehead atoms. The van der Waals surface area contributed by atoms with Crippen LogP contribution >= 0.6 is 7.60 Å². The normalized spacial score (nSPS) is 13.1. The molecule has 0 radical (unpaired) electrons. The summed E-state index contributed by atoms with van der Waals surface area (Å²) in [5.41, 5.74) is 2.03. The summed E-state index contributed by atoms with van der Waals surface area (Å²) in [6.45, 7) is 4.67. The van der Waals surface area contributed by atoms with E-state index in [0.29, 0.717) is 19.8 Å². The van der Waals surface area contributed by atoms with Crippen LogP contribution in [-0.4, -0.2) is 36.1 Å². The highest BCUT2D eigenvalue weighted by molar-refractivity contribution is 7.53. The number of hydrogen-bond acceptors (Lipinski definition) is 5. The molecule has 5 nitrogen and oxygen atoms in total. The maximum Gasteiger partial charge on any atom is 0.344 e. The second kappa shape index (κ2) is 10.6. The van der Waals surface area contributed by atoms with Crippen LogP contribution in [0.5, 0.6) is 0 Å². The van der Waals surface area contributed by atoms with Gasteiger partial charge in [-0.05, 0) is 25.0 Å². The van der Waals surface area contributed by atoms with Crippen molar-refractivity contribution in [1.29, 1.82) is 0 Å². The fourth-order valence-electron chi connectivity index (χ4n) is 2.92. The first-order chi connectivity index (χ1) is 12.6. The van der Waals surface area contributed by atoms with E-state index < -0.39 is 7.60 Å². The van der Waals surface area contributed by atoms with Crippen molar-refractivity contribution in [2.45, 2.75) is 26.4 Å². The van der Waals surface area contributed by atoms with Crippen molar-refractivity contribution in [3.63, 3.8) is 0 Å². The Hall–Kier alpha value is -1.49. The van der Waals surface area contributed by atoms with Gasteiger partial charge in [-0.3, -0.25) is 9.46 Å². The van der Waals surface area contributed by atoms with Crippen LogP contribution in [0.1, 0.15) is 31.0 Å². The van der Waals surface area contributed by atoms with E-state index in [2.05, 4.69) is 0 Å². The molecule has 142 valence electrons. The molecule has 2 rings (SSSR count). The molecule has 0 unspecified atom stereocenters. The maximum atomic E-state index is 13.1. The standard InChI is InChI=1S/C20H28NO4P/c1-3-24-26(23,25-4-2)17-21(15-18-11-7-5-8-12-18)20(16-22)19-13-9-6-10-14-19/h5-14,20,22H,3-4,15-17H2,1-2H3/t20-/m1/s1. The number of rotatable bonds is 11. The lowest BCUT2D eigenvalue weighted by Gasteiger charge is -2.33. The molecular formula is C20H28NO4P. The molecule has 1 N–H and O–H groups in total. The molecule has 0 aliphatic rings. The first kappa shape index (κ1) is 20.8. The average molecular weight is 377 g/mol. The van der Waals surface area contributed by atoms with E-state index in [1.807, 2.05) is 65.6 Å². The Labute approximate surface area is 156 Å².